The summed E-state index contributed by atoms with van der Waals surface area (Å²) >= 11 is 2.10. The predicted octanol–water partition coefficient (Wildman–Crippen LogP) is 4.21. The molecule has 2 aliphatic rings. The van der Waals surface area contributed by atoms with Crippen LogP contribution in [0.4, 0.5) is 4.39 Å². The van der Waals surface area contributed by atoms with Crippen molar-refractivity contribution >= 4 is 34.3 Å². The van der Waals surface area contributed by atoms with Crippen LogP contribution in [0.15, 0.2) is 40.7 Å². The summed E-state index contributed by atoms with van der Waals surface area (Å²) in [6.07, 6.45) is 1.03. The van der Waals surface area contributed by atoms with Gasteiger partial charge in [0.05, 0.1) is 18.6 Å². The van der Waals surface area contributed by atoms with E-state index in [1.165, 1.54) is 13.2 Å². The monoisotopic (exact) mass is 469 g/mol. The third-order valence-corrected chi connectivity index (χ3v) is 5.59. The van der Waals surface area contributed by atoms with Crippen LogP contribution < -0.4 is 5.32 Å². The highest BCUT2D eigenvalue weighted by atomic mass is 127. The van der Waals surface area contributed by atoms with E-state index in [9.17, 15) is 14.0 Å². The Morgan fingerprint density at radius 2 is 2.04 bits per heavy atom. The van der Waals surface area contributed by atoms with Crippen molar-refractivity contribution in [2.24, 2.45) is 5.41 Å². The largest absolute Gasteiger partial charge is 0.466 e. The van der Waals surface area contributed by atoms with E-state index in [-0.39, 0.29) is 11.2 Å². The van der Waals surface area contributed by atoms with Gasteiger partial charge in [-0.05, 0) is 59.5 Å². The number of ether oxygens (including phenoxy) is 1. The quantitative estimate of drug-likeness (QED) is 0.521. The molecule has 0 bridgehead atoms. The first-order valence-electron chi connectivity index (χ1n) is 8.42. The van der Waals surface area contributed by atoms with E-state index in [1.54, 1.807) is 19.1 Å². The number of Topliss-reactive ketones (excluding diaryl/α,β-unsaturated/α-hetero) is 1. The zero-order valence-electron chi connectivity index (χ0n) is 15.2. The molecule has 0 saturated heterocycles. The van der Waals surface area contributed by atoms with Crippen molar-refractivity contribution in [3.05, 3.63) is 55.7 Å². The van der Waals surface area contributed by atoms with Gasteiger partial charge in [-0.15, -0.1) is 0 Å². The number of carbonyl (C=O) groups excluding carboxylic acids is 2. The fourth-order valence-corrected chi connectivity index (χ4v) is 4.38. The normalized spacial score (nSPS) is 22.1. The van der Waals surface area contributed by atoms with Gasteiger partial charge in [0.1, 0.15) is 5.82 Å². The zero-order valence-corrected chi connectivity index (χ0v) is 17.4. The minimum atomic E-state index is -0.753. The Morgan fingerprint density at radius 3 is 2.69 bits per heavy atom. The smallest absolute Gasteiger partial charge is 0.336 e. The Bertz CT molecular complexity index is 870. The maximum absolute atomic E-state index is 14.7. The number of methoxy groups -OCH3 is 1. The molecule has 1 aromatic carbocycles. The van der Waals surface area contributed by atoms with Gasteiger partial charge >= 0.3 is 5.97 Å². The Morgan fingerprint density at radius 1 is 1.35 bits per heavy atom. The minimum Gasteiger partial charge on any atom is -0.466 e. The molecule has 0 spiro atoms. The third kappa shape index (κ3) is 3.31. The molecule has 1 aliphatic carbocycles. The number of hydrogen-bond donors (Lipinski definition) is 1. The van der Waals surface area contributed by atoms with Crippen molar-refractivity contribution in [1.29, 1.82) is 0 Å². The first kappa shape index (κ1) is 19.1. The van der Waals surface area contributed by atoms with Gasteiger partial charge in [0.25, 0.3) is 0 Å². The van der Waals surface area contributed by atoms with Crippen LogP contribution in [0.1, 0.15) is 45.1 Å². The molecule has 4 nitrogen and oxygen atoms in total. The second-order valence-electron chi connectivity index (χ2n) is 7.59. The molecule has 1 atom stereocenters. The van der Waals surface area contributed by atoms with Gasteiger partial charge in [0.2, 0.25) is 0 Å². The second kappa shape index (κ2) is 6.79. The molecule has 1 aromatic rings. The van der Waals surface area contributed by atoms with Gasteiger partial charge in [-0.2, -0.15) is 0 Å². The molecule has 0 fully saturated rings. The van der Waals surface area contributed by atoms with Gasteiger partial charge in [-0.1, -0.05) is 13.8 Å². The molecule has 0 saturated carbocycles. The number of carbonyl (C=O) groups is 2. The van der Waals surface area contributed by atoms with Crippen molar-refractivity contribution < 1.29 is 18.7 Å². The molecular weight excluding hydrogens is 448 g/mol. The van der Waals surface area contributed by atoms with Crippen LogP contribution in [-0.2, 0) is 14.3 Å². The highest BCUT2D eigenvalue weighted by Crippen LogP contribution is 2.47. The van der Waals surface area contributed by atoms with E-state index >= 15 is 0 Å². The summed E-state index contributed by atoms with van der Waals surface area (Å²) in [7, 11) is 1.29. The number of esters is 1. The maximum Gasteiger partial charge on any atom is 0.336 e. The first-order valence-corrected chi connectivity index (χ1v) is 9.50. The average molecular weight is 469 g/mol. The molecule has 1 unspecified atom stereocenters. The first-order chi connectivity index (χ1) is 12.1. The summed E-state index contributed by atoms with van der Waals surface area (Å²) in [4.78, 5) is 25.5. The Labute approximate surface area is 166 Å². The molecule has 0 aromatic heterocycles. The number of halogens is 2. The summed E-state index contributed by atoms with van der Waals surface area (Å²) in [5.41, 5.74) is 2.30. The Hall–Kier alpha value is -1.70. The SMILES string of the molecule is COC(=O)C1=C(C)NC2=C(C(=O)CC(C)(C)C2)C1c1cc(I)ccc1F. The molecule has 26 heavy (non-hydrogen) atoms. The van der Waals surface area contributed by atoms with Gasteiger partial charge < -0.3 is 10.1 Å². The molecule has 1 heterocycles. The molecule has 0 amide bonds. The summed E-state index contributed by atoms with van der Waals surface area (Å²) in [5.74, 6) is -1.80. The van der Waals surface area contributed by atoms with E-state index in [0.717, 1.165) is 9.27 Å². The third-order valence-electron chi connectivity index (χ3n) is 4.91. The van der Waals surface area contributed by atoms with Gasteiger partial charge in [-0.25, -0.2) is 9.18 Å². The number of benzene rings is 1. The Balaban J connectivity index is 2.26. The lowest BCUT2D eigenvalue weighted by atomic mass is 9.68. The van der Waals surface area contributed by atoms with Gasteiger partial charge in [-0.3, -0.25) is 4.79 Å². The Kier molecular flexibility index (Phi) is 4.98. The summed E-state index contributed by atoms with van der Waals surface area (Å²) in [5, 5.41) is 3.22. The van der Waals surface area contributed by atoms with E-state index in [0.29, 0.717) is 35.2 Å². The van der Waals surface area contributed by atoms with Crippen LogP contribution in [0.5, 0.6) is 0 Å². The summed E-state index contributed by atoms with van der Waals surface area (Å²) in [6, 6.07) is 4.73. The van der Waals surface area contributed by atoms with Crippen molar-refractivity contribution in [2.45, 2.75) is 39.5 Å². The highest BCUT2D eigenvalue weighted by molar-refractivity contribution is 14.1. The number of rotatable bonds is 2. The maximum atomic E-state index is 14.7. The second-order valence-corrected chi connectivity index (χ2v) is 8.83. The number of ketones is 1. The van der Waals surface area contributed by atoms with Crippen molar-refractivity contribution in [2.75, 3.05) is 7.11 Å². The lowest BCUT2D eigenvalue weighted by Gasteiger charge is -2.39. The van der Waals surface area contributed by atoms with Crippen LogP contribution in [-0.4, -0.2) is 18.9 Å². The summed E-state index contributed by atoms with van der Waals surface area (Å²) < 4.78 is 20.5. The number of dihydropyridines is 1. The molecule has 1 aliphatic heterocycles. The van der Waals surface area contributed by atoms with Crippen LogP contribution >= 0.6 is 22.6 Å². The van der Waals surface area contributed by atoms with Crippen molar-refractivity contribution in [1.82, 2.24) is 5.32 Å². The number of nitrogens with one attached hydrogen (secondary N) is 1. The van der Waals surface area contributed by atoms with Gasteiger partial charge in [0.15, 0.2) is 5.78 Å². The topological polar surface area (TPSA) is 55.4 Å². The number of hydrogen-bond acceptors (Lipinski definition) is 4. The molecule has 0 radical (unpaired) electrons. The number of allylic oxidation sites excluding steroid dienone is 3. The van der Waals surface area contributed by atoms with Crippen molar-refractivity contribution in [3.8, 4) is 0 Å². The molecule has 138 valence electrons. The minimum absolute atomic E-state index is 0.0547. The van der Waals surface area contributed by atoms with E-state index in [4.69, 9.17) is 4.74 Å². The van der Waals surface area contributed by atoms with E-state index in [1.807, 2.05) is 13.8 Å². The van der Waals surface area contributed by atoms with E-state index in [2.05, 4.69) is 27.9 Å². The van der Waals surface area contributed by atoms with Crippen molar-refractivity contribution in [3.63, 3.8) is 0 Å². The fourth-order valence-electron chi connectivity index (χ4n) is 3.86. The lowest BCUT2D eigenvalue weighted by Crippen LogP contribution is -2.38. The molecule has 6 heteroatoms. The van der Waals surface area contributed by atoms with Crippen LogP contribution in [0.3, 0.4) is 0 Å². The average Bonchev–Trinajstić information content (AvgIpc) is 2.54. The van der Waals surface area contributed by atoms with Crippen LogP contribution in [0.25, 0.3) is 0 Å². The van der Waals surface area contributed by atoms with E-state index < -0.39 is 17.7 Å². The molecule has 1 N–H and O–H groups in total. The standard InChI is InChI=1S/C20H21FINO3/c1-10-16(19(25)26-4)17(12-7-11(22)5-6-13(12)21)18-14(23-10)8-20(2,3)9-15(18)24/h5-7,17,23H,8-9H2,1-4H3. The summed E-state index contributed by atoms with van der Waals surface area (Å²) in [6.45, 7) is 5.83. The van der Waals surface area contributed by atoms with Gasteiger partial charge in [0, 0.05) is 32.5 Å². The van der Waals surface area contributed by atoms with Crippen LogP contribution in [0.2, 0.25) is 0 Å². The fraction of sp³-hybridized carbons (Fsp3) is 0.400. The predicted molar refractivity (Wildman–Crippen MR) is 105 cm³/mol. The lowest BCUT2D eigenvalue weighted by molar-refractivity contribution is -0.136. The van der Waals surface area contributed by atoms with Crippen LogP contribution in [0, 0.1) is 14.8 Å². The molecule has 3 rings (SSSR count). The molecular formula is C20H21FINO3. The zero-order chi connectivity index (χ0) is 19.2. The highest BCUT2D eigenvalue weighted by Gasteiger charge is 2.43.